The number of nitrogens with zero attached hydrogens (tertiary/aromatic N) is 4. The van der Waals surface area contributed by atoms with E-state index in [1.54, 1.807) is 26.0 Å². The van der Waals surface area contributed by atoms with E-state index in [-0.39, 0.29) is 69.6 Å². The van der Waals surface area contributed by atoms with Gasteiger partial charge in [0.15, 0.2) is 0 Å². The Labute approximate surface area is 252 Å². The quantitative estimate of drug-likeness (QED) is 0.112. The predicted molar refractivity (Wildman–Crippen MR) is 143 cm³/mol. The summed E-state index contributed by atoms with van der Waals surface area (Å²) in [5.74, 6) is -0.478. The molecule has 0 fully saturated rings. The molecule has 0 saturated carbocycles. The summed E-state index contributed by atoms with van der Waals surface area (Å²) < 4.78 is 39.5. The topological polar surface area (TPSA) is 208 Å². The number of benzene rings is 4. The van der Waals surface area contributed by atoms with E-state index in [9.17, 15) is 23.2 Å². The number of phenolic OH excluding ortho intramolecular Hbond substituents is 1. The summed E-state index contributed by atoms with van der Waals surface area (Å²) in [5.41, 5.74) is 14.3. The van der Waals surface area contributed by atoms with Crippen LogP contribution in [0.2, 0.25) is 0 Å². The third-order valence-corrected chi connectivity index (χ3v) is 6.40. The van der Waals surface area contributed by atoms with E-state index in [2.05, 4.69) is 20.5 Å². The van der Waals surface area contributed by atoms with E-state index in [0.29, 0.717) is 28.2 Å². The molecule has 0 aliphatic carbocycles. The Morgan fingerprint density at radius 2 is 1.32 bits per heavy atom. The van der Waals surface area contributed by atoms with Crippen molar-refractivity contribution in [3.8, 4) is 23.0 Å². The molecule has 0 radical (unpaired) electrons. The van der Waals surface area contributed by atoms with Gasteiger partial charge in [-0.3, -0.25) is 4.55 Å². The maximum atomic E-state index is 12.0. The average molecular weight is 571 g/mol. The van der Waals surface area contributed by atoms with Crippen LogP contribution < -0.4 is 50.9 Å². The minimum atomic E-state index is -4.70. The van der Waals surface area contributed by atoms with Crippen molar-refractivity contribution in [2.75, 3.05) is 11.5 Å². The summed E-state index contributed by atoms with van der Waals surface area (Å²) in [4.78, 5) is -0.540. The Balaban J connectivity index is 0.00000441. The Morgan fingerprint density at radius 1 is 0.775 bits per heavy atom. The zero-order chi connectivity index (χ0) is 28.3. The minimum absolute atomic E-state index is 0. The molecule has 4 aromatic rings. The Bertz CT molecular complexity index is 1730. The van der Waals surface area contributed by atoms with Crippen LogP contribution in [-0.4, -0.2) is 18.1 Å². The second-order valence-corrected chi connectivity index (χ2v) is 9.87. The molecular weight excluding hydrogens is 547 g/mol. The SMILES string of the molecule is Cc1cc(N=Nc2ccc(Oc3ccc(N=Nc4cc(C)c(N)cc4O)cc3S(=O)(=O)O)cc2)c([O-])cc1N.[Na+]. The largest absolute Gasteiger partial charge is 1.00 e. The van der Waals surface area contributed by atoms with E-state index in [4.69, 9.17) is 16.2 Å². The normalized spacial score (nSPS) is 11.6. The van der Waals surface area contributed by atoms with Gasteiger partial charge in [0.1, 0.15) is 27.8 Å². The van der Waals surface area contributed by atoms with Crippen molar-refractivity contribution in [1.29, 1.82) is 0 Å². The molecule has 0 aliphatic heterocycles. The third kappa shape index (κ3) is 7.34. The molecule has 0 atom stereocenters. The van der Waals surface area contributed by atoms with Crippen LogP contribution in [0.5, 0.6) is 23.0 Å². The van der Waals surface area contributed by atoms with E-state index in [0.717, 1.165) is 6.07 Å². The monoisotopic (exact) mass is 570 g/mol. The van der Waals surface area contributed by atoms with Crippen LogP contribution in [0, 0.1) is 13.8 Å². The Kier molecular flexibility index (Phi) is 9.50. The van der Waals surface area contributed by atoms with Crippen LogP contribution in [0.25, 0.3) is 0 Å². The number of azo groups is 2. The van der Waals surface area contributed by atoms with Gasteiger partial charge in [-0.2, -0.15) is 23.8 Å². The second-order valence-electron chi connectivity index (χ2n) is 8.48. The summed E-state index contributed by atoms with van der Waals surface area (Å²) in [6.07, 6.45) is 0. The maximum absolute atomic E-state index is 12.0. The van der Waals surface area contributed by atoms with E-state index in [1.165, 1.54) is 48.5 Å². The van der Waals surface area contributed by atoms with Gasteiger partial charge in [-0.05, 0) is 85.6 Å². The molecular formula is C26H23N6NaO6S. The van der Waals surface area contributed by atoms with Gasteiger partial charge in [-0.25, -0.2) is 0 Å². The number of hydrogen-bond acceptors (Lipinski definition) is 11. The molecule has 14 heteroatoms. The van der Waals surface area contributed by atoms with Gasteiger partial charge in [-0.15, -0.1) is 5.11 Å². The Hall–Kier alpha value is -4.01. The first kappa shape index (κ1) is 30.5. The van der Waals surface area contributed by atoms with Crippen molar-refractivity contribution in [2.24, 2.45) is 20.5 Å². The Morgan fingerprint density at radius 3 is 1.98 bits per heavy atom. The van der Waals surface area contributed by atoms with Crippen LogP contribution in [0.4, 0.5) is 34.1 Å². The zero-order valence-electron chi connectivity index (χ0n) is 21.7. The van der Waals surface area contributed by atoms with Crippen LogP contribution in [0.15, 0.2) is 92.1 Å². The first-order valence-corrected chi connectivity index (χ1v) is 12.7. The summed E-state index contributed by atoms with van der Waals surface area (Å²) in [5, 5.41) is 37.9. The van der Waals surface area contributed by atoms with Crippen LogP contribution in [0.1, 0.15) is 11.1 Å². The fraction of sp³-hybridized carbons (Fsp3) is 0.0769. The maximum Gasteiger partial charge on any atom is 1.00 e. The van der Waals surface area contributed by atoms with E-state index >= 15 is 0 Å². The molecule has 12 nitrogen and oxygen atoms in total. The molecule has 0 spiro atoms. The first-order valence-electron chi connectivity index (χ1n) is 11.3. The van der Waals surface area contributed by atoms with Crippen molar-refractivity contribution in [3.05, 3.63) is 77.9 Å². The van der Waals surface area contributed by atoms with Gasteiger partial charge in [0.2, 0.25) is 0 Å². The molecule has 0 amide bonds. The van der Waals surface area contributed by atoms with Gasteiger partial charge in [-0.1, -0.05) is 5.75 Å². The number of anilines is 2. The van der Waals surface area contributed by atoms with Crippen LogP contribution >= 0.6 is 0 Å². The summed E-state index contributed by atoms with van der Waals surface area (Å²) >= 11 is 0. The minimum Gasteiger partial charge on any atom is -0.871 e. The van der Waals surface area contributed by atoms with Crippen molar-refractivity contribution >= 4 is 44.2 Å². The summed E-state index contributed by atoms with van der Waals surface area (Å²) in [7, 11) is -4.70. The fourth-order valence-corrected chi connectivity index (χ4v) is 3.95. The fourth-order valence-electron chi connectivity index (χ4n) is 3.32. The van der Waals surface area contributed by atoms with E-state index < -0.39 is 15.0 Å². The molecule has 40 heavy (non-hydrogen) atoms. The zero-order valence-corrected chi connectivity index (χ0v) is 24.5. The number of aromatic hydroxyl groups is 1. The summed E-state index contributed by atoms with van der Waals surface area (Å²) in [6, 6.07) is 15.6. The molecule has 0 unspecified atom stereocenters. The third-order valence-electron chi connectivity index (χ3n) is 5.53. The molecule has 0 aromatic heterocycles. The molecule has 4 aromatic carbocycles. The standard InChI is InChI=1S/C26H24N6O6S.Na/c1-14-9-21(23(33)12-19(14)27)31-29-16-3-6-18(7-4-16)38-25-8-5-17(11-26(25)39(35,36)37)30-32-22-10-15(2)20(28)13-24(22)34;/h3-13,33-34H,27-28H2,1-2H3,(H,35,36,37);/q;+1/p-1. The van der Waals surface area contributed by atoms with Gasteiger partial charge in [0.05, 0.1) is 17.1 Å². The molecule has 0 aliphatic rings. The van der Waals surface area contributed by atoms with E-state index in [1.807, 2.05) is 0 Å². The average Bonchev–Trinajstić information content (AvgIpc) is 2.87. The van der Waals surface area contributed by atoms with Crippen LogP contribution in [0.3, 0.4) is 0 Å². The van der Waals surface area contributed by atoms with Crippen molar-refractivity contribution < 1.29 is 57.5 Å². The predicted octanol–water partition coefficient (Wildman–Crippen LogP) is 3.12. The van der Waals surface area contributed by atoms with Crippen molar-refractivity contribution in [1.82, 2.24) is 0 Å². The van der Waals surface area contributed by atoms with Crippen molar-refractivity contribution in [2.45, 2.75) is 18.7 Å². The first-order chi connectivity index (χ1) is 18.4. The van der Waals surface area contributed by atoms with Crippen LogP contribution in [-0.2, 0) is 10.1 Å². The number of rotatable bonds is 7. The van der Waals surface area contributed by atoms with Gasteiger partial charge in [0.25, 0.3) is 10.1 Å². The number of aryl methyl sites for hydroxylation is 2. The number of phenols is 1. The smallest absolute Gasteiger partial charge is 0.871 e. The second kappa shape index (κ2) is 12.4. The van der Waals surface area contributed by atoms with Gasteiger partial charge in [0, 0.05) is 17.4 Å². The molecule has 0 bridgehead atoms. The molecule has 0 heterocycles. The molecule has 0 saturated heterocycles. The number of ether oxygens (including phenoxy) is 1. The number of nitrogens with two attached hydrogens (primary N) is 2. The number of nitrogen functional groups attached to an aromatic ring is 2. The van der Waals surface area contributed by atoms with Gasteiger partial charge >= 0.3 is 29.6 Å². The molecule has 4 rings (SSSR count). The van der Waals surface area contributed by atoms with Crippen molar-refractivity contribution in [3.63, 3.8) is 0 Å². The number of hydrogen-bond donors (Lipinski definition) is 4. The molecule has 200 valence electrons. The summed E-state index contributed by atoms with van der Waals surface area (Å²) in [6.45, 7) is 3.48. The molecule has 6 N–H and O–H groups in total. The van der Waals surface area contributed by atoms with Gasteiger partial charge < -0.3 is 26.4 Å².